The molecule has 0 bridgehead atoms. The van der Waals surface area contributed by atoms with E-state index in [4.69, 9.17) is 14.5 Å². The fourth-order valence-corrected chi connectivity index (χ4v) is 4.36. The predicted octanol–water partition coefficient (Wildman–Crippen LogP) is 4.00. The third-order valence-electron chi connectivity index (χ3n) is 4.83. The number of carbonyl (C=O) groups excluding carboxylic acids is 1. The molecule has 0 aliphatic heterocycles. The molecule has 2 heterocycles. The predicted molar refractivity (Wildman–Crippen MR) is 110 cm³/mol. The summed E-state index contributed by atoms with van der Waals surface area (Å²) in [5, 5.41) is 3.94. The van der Waals surface area contributed by atoms with Gasteiger partial charge in [-0.25, -0.2) is 9.97 Å². The van der Waals surface area contributed by atoms with Gasteiger partial charge in [-0.05, 0) is 44.4 Å². The SMILES string of the molecule is COc1cccc(OCCNC(=O)c2sc3nc(C4CC4)nc(C)c3c2C)c1. The molecule has 1 fully saturated rings. The molecule has 6 nitrogen and oxygen atoms in total. The molecule has 1 aromatic carbocycles. The molecule has 146 valence electrons. The number of thiophene rings is 1. The molecule has 1 aliphatic carbocycles. The van der Waals surface area contributed by atoms with Crippen LogP contribution in [-0.4, -0.2) is 36.1 Å². The second-order valence-corrected chi connectivity index (χ2v) is 7.96. The van der Waals surface area contributed by atoms with Gasteiger partial charge >= 0.3 is 0 Å². The number of nitrogens with one attached hydrogen (secondary N) is 1. The van der Waals surface area contributed by atoms with Gasteiger partial charge in [-0.2, -0.15) is 0 Å². The Morgan fingerprint density at radius 1 is 1.25 bits per heavy atom. The molecule has 0 radical (unpaired) electrons. The summed E-state index contributed by atoms with van der Waals surface area (Å²) in [6.45, 7) is 4.77. The summed E-state index contributed by atoms with van der Waals surface area (Å²) in [6.07, 6.45) is 2.33. The van der Waals surface area contributed by atoms with E-state index in [0.717, 1.165) is 45.9 Å². The van der Waals surface area contributed by atoms with Crippen molar-refractivity contribution in [2.45, 2.75) is 32.6 Å². The van der Waals surface area contributed by atoms with Crippen LogP contribution in [0.5, 0.6) is 11.5 Å². The van der Waals surface area contributed by atoms with Crippen LogP contribution >= 0.6 is 11.3 Å². The van der Waals surface area contributed by atoms with Crippen molar-refractivity contribution >= 4 is 27.5 Å². The van der Waals surface area contributed by atoms with E-state index in [9.17, 15) is 4.79 Å². The monoisotopic (exact) mass is 397 g/mol. The largest absolute Gasteiger partial charge is 0.497 e. The maximum absolute atomic E-state index is 12.7. The number of fused-ring (bicyclic) bond motifs is 1. The van der Waals surface area contributed by atoms with Crippen molar-refractivity contribution < 1.29 is 14.3 Å². The maximum Gasteiger partial charge on any atom is 0.261 e. The van der Waals surface area contributed by atoms with Gasteiger partial charge in [0.05, 0.1) is 24.2 Å². The number of aryl methyl sites for hydroxylation is 2. The summed E-state index contributed by atoms with van der Waals surface area (Å²) in [6, 6.07) is 7.40. The zero-order valence-electron chi connectivity index (χ0n) is 16.2. The molecule has 1 saturated carbocycles. The van der Waals surface area contributed by atoms with Crippen molar-refractivity contribution in [1.29, 1.82) is 0 Å². The van der Waals surface area contributed by atoms with E-state index < -0.39 is 0 Å². The Labute approximate surface area is 167 Å². The minimum absolute atomic E-state index is 0.0953. The van der Waals surface area contributed by atoms with E-state index >= 15 is 0 Å². The Hall–Kier alpha value is -2.67. The number of hydrogen-bond donors (Lipinski definition) is 1. The van der Waals surface area contributed by atoms with Gasteiger partial charge in [0.15, 0.2) is 0 Å². The molecule has 0 saturated heterocycles. The van der Waals surface area contributed by atoms with Crippen LogP contribution in [0.1, 0.15) is 45.5 Å². The highest BCUT2D eigenvalue weighted by atomic mass is 32.1. The van der Waals surface area contributed by atoms with Crippen LogP contribution in [0, 0.1) is 13.8 Å². The quantitative estimate of drug-likeness (QED) is 0.610. The van der Waals surface area contributed by atoms with Crippen molar-refractivity contribution in [1.82, 2.24) is 15.3 Å². The topological polar surface area (TPSA) is 73.3 Å². The van der Waals surface area contributed by atoms with Crippen LogP contribution in [0.3, 0.4) is 0 Å². The second kappa shape index (κ2) is 7.75. The zero-order valence-corrected chi connectivity index (χ0v) is 17.1. The van der Waals surface area contributed by atoms with Crippen molar-refractivity contribution in [2.75, 3.05) is 20.3 Å². The maximum atomic E-state index is 12.7. The van der Waals surface area contributed by atoms with Gasteiger partial charge in [-0.3, -0.25) is 4.79 Å². The Kier molecular flexibility index (Phi) is 5.17. The minimum atomic E-state index is -0.0953. The first-order valence-corrected chi connectivity index (χ1v) is 10.2. The lowest BCUT2D eigenvalue weighted by atomic mass is 10.1. The summed E-state index contributed by atoms with van der Waals surface area (Å²) in [4.78, 5) is 23.6. The van der Waals surface area contributed by atoms with E-state index in [1.54, 1.807) is 7.11 Å². The highest BCUT2D eigenvalue weighted by Gasteiger charge is 2.28. The van der Waals surface area contributed by atoms with Crippen LogP contribution in [0.15, 0.2) is 24.3 Å². The Bertz CT molecular complexity index is 1030. The Morgan fingerprint density at radius 2 is 2.04 bits per heavy atom. The van der Waals surface area contributed by atoms with Crippen LogP contribution in [0.2, 0.25) is 0 Å². The smallest absolute Gasteiger partial charge is 0.261 e. The summed E-state index contributed by atoms with van der Waals surface area (Å²) in [5.74, 6) is 2.78. The van der Waals surface area contributed by atoms with Crippen LogP contribution in [0.25, 0.3) is 10.2 Å². The molecule has 1 amide bonds. The molecule has 7 heteroatoms. The number of rotatable bonds is 7. The van der Waals surface area contributed by atoms with Gasteiger partial charge in [0.2, 0.25) is 0 Å². The van der Waals surface area contributed by atoms with E-state index in [2.05, 4.69) is 10.3 Å². The van der Waals surface area contributed by atoms with Gasteiger partial charge in [-0.15, -0.1) is 11.3 Å². The highest BCUT2D eigenvalue weighted by molar-refractivity contribution is 7.20. The number of benzene rings is 1. The first-order valence-electron chi connectivity index (χ1n) is 9.39. The van der Waals surface area contributed by atoms with E-state index in [-0.39, 0.29) is 5.91 Å². The Balaban J connectivity index is 1.41. The normalized spacial score (nSPS) is 13.5. The lowest BCUT2D eigenvalue weighted by molar-refractivity contribution is 0.0950. The van der Waals surface area contributed by atoms with E-state index in [1.165, 1.54) is 11.3 Å². The molecule has 2 aromatic heterocycles. The van der Waals surface area contributed by atoms with Gasteiger partial charge in [-0.1, -0.05) is 6.07 Å². The lowest BCUT2D eigenvalue weighted by Gasteiger charge is -2.08. The van der Waals surface area contributed by atoms with E-state index in [1.807, 2.05) is 38.1 Å². The second-order valence-electron chi connectivity index (χ2n) is 6.96. The standard InChI is InChI=1S/C21H23N3O3S/c1-12-17-13(2)23-19(14-7-8-14)24-21(17)28-18(12)20(25)22-9-10-27-16-6-4-5-15(11-16)26-3/h4-6,11,14H,7-10H2,1-3H3,(H,22,25). The van der Waals surface area contributed by atoms with Crippen molar-refractivity contribution in [3.63, 3.8) is 0 Å². The number of methoxy groups -OCH3 is 1. The Morgan fingerprint density at radius 3 is 2.79 bits per heavy atom. The molecule has 1 aliphatic rings. The number of nitrogens with zero attached hydrogens (tertiary/aromatic N) is 2. The third-order valence-corrected chi connectivity index (χ3v) is 6.02. The minimum Gasteiger partial charge on any atom is -0.497 e. The summed E-state index contributed by atoms with van der Waals surface area (Å²) in [7, 11) is 1.62. The number of carbonyl (C=O) groups is 1. The fraction of sp³-hybridized carbons (Fsp3) is 0.381. The van der Waals surface area contributed by atoms with Crippen molar-refractivity contribution in [2.24, 2.45) is 0 Å². The molecule has 0 unspecified atom stereocenters. The van der Waals surface area contributed by atoms with Gasteiger partial charge in [0.25, 0.3) is 5.91 Å². The molecular weight excluding hydrogens is 374 g/mol. The highest BCUT2D eigenvalue weighted by Crippen LogP contribution is 2.40. The number of hydrogen-bond acceptors (Lipinski definition) is 6. The molecule has 0 spiro atoms. The van der Waals surface area contributed by atoms with Gasteiger partial charge in [0, 0.05) is 17.4 Å². The van der Waals surface area contributed by atoms with Gasteiger partial charge in [0.1, 0.15) is 28.8 Å². The number of amides is 1. The zero-order chi connectivity index (χ0) is 19.7. The number of aromatic nitrogens is 2. The summed E-state index contributed by atoms with van der Waals surface area (Å²) in [5.41, 5.74) is 1.91. The van der Waals surface area contributed by atoms with Crippen LogP contribution < -0.4 is 14.8 Å². The van der Waals surface area contributed by atoms with Gasteiger partial charge < -0.3 is 14.8 Å². The molecule has 3 aromatic rings. The molecule has 1 N–H and O–H groups in total. The molecule has 4 rings (SSSR count). The van der Waals surface area contributed by atoms with Crippen LogP contribution in [0.4, 0.5) is 0 Å². The lowest BCUT2D eigenvalue weighted by Crippen LogP contribution is -2.27. The van der Waals surface area contributed by atoms with E-state index in [0.29, 0.717) is 29.7 Å². The fourth-order valence-electron chi connectivity index (χ4n) is 3.21. The van der Waals surface area contributed by atoms with Crippen LogP contribution in [-0.2, 0) is 0 Å². The molecule has 28 heavy (non-hydrogen) atoms. The summed E-state index contributed by atoms with van der Waals surface area (Å²) >= 11 is 1.44. The average molecular weight is 398 g/mol. The molecular formula is C21H23N3O3S. The number of ether oxygens (including phenoxy) is 2. The molecule has 0 atom stereocenters. The van der Waals surface area contributed by atoms with Crippen molar-refractivity contribution in [3.8, 4) is 11.5 Å². The first-order chi connectivity index (χ1) is 13.6. The van der Waals surface area contributed by atoms with Crippen molar-refractivity contribution in [3.05, 3.63) is 46.2 Å². The third kappa shape index (κ3) is 3.80. The first kappa shape index (κ1) is 18.7. The average Bonchev–Trinajstić information content (AvgIpc) is 3.49. The summed E-state index contributed by atoms with van der Waals surface area (Å²) < 4.78 is 10.9.